The van der Waals surface area contributed by atoms with E-state index in [9.17, 15) is 4.79 Å². The number of aromatic nitrogens is 2. The molecule has 0 spiro atoms. The zero-order valence-corrected chi connectivity index (χ0v) is 16.7. The van der Waals surface area contributed by atoms with Gasteiger partial charge in [-0.05, 0) is 43.0 Å². The zero-order valence-electron chi connectivity index (χ0n) is 15.9. The molecule has 1 aliphatic heterocycles. The maximum absolute atomic E-state index is 11.1. The quantitative estimate of drug-likeness (QED) is 0.685. The van der Waals surface area contributed by atoms with E-state index in [1.54, 1.807) is 11.3 Å². The molecule has 3 heterocycles. The van der Waals surface area contributed by atoms with Crippen LogP contribution in [0.1, 0.15) is 19.8 Å². The number of hydrogen-bond acceptors (Lipinski definition) is 6. The van der Waals surface area contributed by atoms with Crippen LogP contribution in [0.25, 0.3) is 21.6 Å². The number of aliphatic carboxylic acids is 1. The number of carboxylic acid groups (broad SMARTS) is 1. The Morgan fingerprint density at radius 1 is 1.21 bits per heavy atom. The topological polar surface area (TPSA) is 69.6 Å². The average molecular weight is 397 g/mol. The van der Waals surface area contributed by atoms with Crippen LogP contribution in [0.2, 0.25) is 0 Å². The number of piperidine rings is 1. The van der Waals surface area contributed by atoms with Crippen LogP contribution >= 0.6 is 11.3 Å². The minimum Gasteiger partial charge on any atom is -0.480 e. The maximum atomic E-state index is 11.1. The first kappa shape index (κ1) is 18.8. The molecule has 1 saturated heterocycles. The number of carbonyl (C=O) groups is 1. The lowest BCUT2D eigenvalue weighted by molar-refractivity contribution is -0.139. The fourth-order valence-electron chi connectivity index (χ4n) is 3.93. The van der Waals surface area contributed by atoms with Gasteiger partial charge in [-0.25, -0.2) is 9.97 Å². The summed E-state index contributed by atoms with van der Waals surface area (Å²) < 4.78 is 0. The lowest BCUT2D eigenvalue weighted by Crippen LogP contribution is -2.46. The monoisotopic (exact) mass is 396 g/mol. The number of benzene rings is 1. The molecule has 0 saturated carbocycles. The summed E-state index contributed by atoms with van der Waals surface area (Å²) in [5, 5.41) is 12.3. The summed E-state index contributed by atoms with van der Waals surface area (Å²) in [5.41, 5.74) is 0.957. The molecule has 0 unspecified atom stereocenters. The van der Waals surface area contributed by atoms with Gasteiger partial charge in [0.2, 0.25) is 0 Å². The SMILES string of the molecule is CCN(CC(=O)O)C1CCN(c2nc(-c3cccs3)nc3ccccc23)CC1. The maximum Gasteiger partial charge on any atom is 0.317 e. The van der Waals surface area contributed by atoms with Gasteiger partial charge in [0.1, 0.15) is 5.82 Å². The Morgan fingerprint density at radius 3 is 2.68 bits per heavy atom. The van der Waals surface area contributed by atoms with E-state index < -0.39 is 5.97 Å². The predicted molar refractivity (Wildman–Crippen MR) is 113 cm³/mol. The van der Waals surface area contributed by atoms with E-state index in [1.165, 1.54) is 0 Å². The number of carboxylic acids is 1. The fourth-order valence-corrected chi connectivity index (χ4v) is 4.59. The van der Waals surface area contributed by atoms with E-state index in [2.05, 4.69) is 21.9 Å². The number of para-hydroxylation sites is 1. The van der Waals surface area contributed by atoms with Gasteiger partial charge >= 0.3 is 5.97 Å². The van der Waals surface area contributed by atoms with Gasteiger partial charge in [0.05, 0.1) is 16.9 Å². The Bertz CT molecular complexity index is 952. The second-order valence-corrected chi connectivity index (χ2v) is 7.99. The van der Waals surface area contributed by atoms with Gasteiger partial charge in [0.25, 0.3) is 0 Å². The van der Waals surface area contributed by atoms with Crippen LogP contribution in [-0.2, 0) is 4.79 Å². The summed E-state index contributed by atoms with van der Waals surface area (Å²) >= 11 is 1.65. The average Bonchev–Trinajstić information content (AvgIpc) is 3.26. The van der Waals surface area contributed by atoms with Crippen molar-refractivity contribution in [2.75, 3.05) is 31.1 Å². The summed E-state index contributed by atoms with van der Waals surface area (Å²) in [6.45, 7) is 4.63. The molecule has 4 rings (SSSR count). The smallest absolute Gasteiger partial charge is 0.317 e. The highest BCUT2D eigenvalue weighted by Crippen LogP contribution is 2.31. The Balaban J connectivity index is 1.60. The summed E-state index contributed by atoms with van der Waals surface area (Å²) in [6.07, 6.45) is 1.88. The van der Waals surface area contributed by atoms with Crippen molar-refractivity contribution >= 4 is 34.0 Å². The Hall–Kier alpha value is -2.51. The minimum atomic E-state index is -0.758. The molecule has 1 aromatic carbocycles. The van der Waals surface area contributed by atoms with Crippen LogP contribution in [0, 0.1) is 0 Å². The van der Waals surface area contributed by atoms with E-state index in [0.717, 1.165) is 59.9 Å². The molecule has 1 aliphatic rings. The largest absolute Gasteiger partial charge is 0.480 e. The highest BCUT2D eigenvalue weighted by molar-refractivity contribution is 7.13. The van der Waals surface area contributed by atoms with Crippen molar-refractivity contribution in [3.8, 4) is 10.7 Å². The van der Waals surface area contributed by atoms with Crippen LogP contribution in [0.4, 0.5) is 5.82 Å². The molecule has 0 amide bonds. The number of hydrogen-bond donors (Lipinski definition) is 1. The second-order valence-electron chi connectivity index (χ2n) is 7.04. The van der Waals surface area contributed by atoms with Crippen LogP contribution in [-0.4, -0.2) is 58.2 Å². The van der Waals surface area contributed by atoms with E-state index in [4.69, 9.17) is 15.1 Å². The number of anilines is 1. The Kier molecular flexibility index (Phi) is 5.54. The van der Waals surface area contributed by atoms with Crippen molar-refractivity contribution in [1.82, 2.24) is 14.9 Å². The number of likely N-dealkylation sites (N-methyl/N-ethyl adjacent to an activating group) is 1. The molecular formula is C21H24N4O2S. The fraction of sp³-hybridized carbons (Fsp3) is 0.381. The van der Waals surface area contributed by atoms with Crippen molar-refractivity contribution < 1.29 is 9.90 Å². The van der Waals surface area contributed by atoms with Crippen molar-refractivity contribution in [2.24, 2.45) is 0 Å². The number of rotatable bonds is 6. The molecule has 0 atom stereocenters. The number of nitrogens with zero attached hydrogens (tertiary/aromatic N) is 4. The summed E-state index contributed by atoms with van der Waals surface area (Å²) in [7, 11) is 0. The summed E-state index contributed by atoms with van der Waals surface area (Å²) in [6, 6.07) is 12.5. The summed E-state index contributed by atoms with van der Waals surface area (Å²) in [4.78, 5) is 26.3. The molecular weight excluding hydrogens is 372 g/mol. The molecule has 7 heteroatoms. The zero-order chi connectivity index (χ0) is 19.5. The van der Waals surface area contributed by atoms with Crippen molar-refractivity contribution in [2.45, 2.75) is 25.8 Å². The van der Waals surface area contributed by atoms with Crippen molar-refractivity contribution in [3.63, 3.8) is 0 Å². The molecule has 28 heavy (non-hydrogen) atoms. The standard InChI is InChI=1S/C21H24N4O2S/c1-2-24(14-19(26)27)15-9-11-25(12-10-15)21-16-6-3-4-7-17(16)22-20(23-21)18-8-5-13-28-18/h3-8,13,15H,2,9-12,14H2,1H3,(H,26,27). The van der Waals surface area contributed by atoms with E-state index in [0.29, 0.717) is 6.04 Å². The third kappa shape index (κ3) is 3.86. The van der Waals surface area contributed by atoms with Crippen molar-refractivity contribution in [3.05, 3.63) is 41.8 Å². The van der Waals surface area contributed by atoms with E-state index in [1.807, 2.05) is 36.6 Å². The third-order valence-electron chi connectivity index (χ3n) is 5.35. The first-order chi connectivity index (χ1) is 13.7. The molecule has 146 valence electrons. The normalized spacial score (nSPS) is 15.4. The number of thiophene rings is 1. The highest BCUT2D eigenvalue weighted by Gasteiger charge is 2.27. The van der Waals surface area contributed by atoms with E-state index >= 15 is 0 Å². The van der Waals surface area contributed by atoms with Crippen LogP contribution in [0.5, 0.6) is 0 Å². The van der Waals surface area contributed by atoms with Gasteiger partial charge in [-0.1, -0.05) is 25.1 Å². The lowest BCUT2D eigenvalue weighted by atomic mass is 10.0. The lowest BCUT2D eigenvalue weighted by Gasteiger charge is -2.38. The van der Waals surface area contributed by atoms with Crippen molar-refractivity contribution in [1.29, 1.82) is 0 Å². The first-order valence-corrected chi connectivity index (χ1v) is 10.5. The molecule has 3 aromatic rings. The molecule has 0 bridgehead atoms. The molecule has 2 aromatic heterocycles. The van der Waals surface area contributed by atoms with Gasteiger partial charge in [0.15, 0.2) is 5.82 Å². The van der Waals surface area contributed by atoms with Crippen LogP contribution in [0.3, 0.4) is 0 Å². The Morgan fingerprint density at radius 2 is 2.00 bits per heavy atom. The number of fused-ring (bicyclic) bond motifs is 1. The van der Waals surface area contributed by atoms with Gasteiger partial charge in [-0.15, -0.1) is 11.3 Å². The molecule has 1 fully saturated rings. The van der Waals surface area contributed by atoms with Crippen LogP contribution < -0.4 is 4.90 Å². The molecule has 0 radical (unpaired) electrons. The minimum absolute atomic E-state index is 0.111. The predicted octanol–water partition coefficient (Wildman–Crippen LogP) is 3.73. The van der Waals surface area contributed by atoms with Gasteiger partial charge in [-0.3, -0.25) is 9.69 Å². The molecule has 1 N–H and O–H groups in total. The van der Waals surface area contributed by atoms with Gasteiger partial charge < -0.3 is 10.0 Å². The molecule has 0 aliphatic carbocycles. The van der Waals surface area contributed by atoms with E-state index in [-0.39, 0.29) is 6.54 Å². The summed E-state index contributed by atoms with van der Waals surface area (Å²) in [5.74, 6) is 0.993. The van der Waals surface area contributed by atoms with Gasteiger partial charge in [0, 0.05) is 24.5 Å². The molecule has 6 nitrogen and oxygen atoms in total. The van der Waals surface area contributed by atoms with Crippen LogP contribution in [0.15, 0.2) is 41.8 Å². The van der Waals surface area contributed by atoms with Gasteiger partial charge in [-0.2, -0.15) is 0 Å². The Labute approximate surface area is 168 Å². The first-order valence-electron chi connectivity index (χ1n) is 9.67. The highest BCUT2D eigenvalue weighted by atomic mass is 32.1. The second kappa shape index (κ2) is 8.24. The third-order valence-corrected chi connectivity index (χ3v) is 6.22.